The number of fused-ring (bicyclic) bond motifs is 1. The third-order valence-corrected chi connectivity index (χ3v) is 8.60. The van der Waals surface area contributed by atoms with Crippen molar-refractivity contribution < 1.29 is 27.4 Å². The molecule has 2 aromatic carbocycles. The molecule has 3 aromatic rings. The van der Waals surface area contributed by atoms with Gasteiger partial charge >= 0.3 is 6.18 Å². The fourth-order valence-corrected chi connectivity index (χ4v) is 6.08. The van der Waals surface area contributed by atoms with Crippen molar-refractivity contribution in [2.75, 3.05) is 51.7 Å². The molecule has 0 spiro atoms. The molecule has 3 aliphatic heterocycles. The third-order valence-electron chi connectivity index (χ3n) is 8.60. The Balaban J connectivity index is 0.967. The average molecular weight is 596 g/mol. The molecule has 0 bridgehead atoms. The zero-order valence-electron chi connectivity index (χ0n) is 24.1. The molecular weight excluding hydrogens is 559 g/mol. The standard InChI is InChI=1S/C32H36F3N5O3/c1-42-29-9-4-23(19-36-29)21-38-12-10-24(11-13-38)25-5-8-27-28(18-25)43-30(37-27)31(41)40-16-14-39(15-17-40)20-22-2-6-26(7-3-22)32(33,34)35/h2-9,18-19,24,30,37H,10-17,20-21H2,1H3. The highest BCUT2D eigenvalue weighted by Crippen LogP contribution is 2.38. The Morgan fingerprint density at radius 3 is 2.26 bits per heavy atom. The van der Waals surface area contributed by atoms with Crippen LogP contribution in [0.2, 0.25) is 0 Å². The van der Waals surface area contributed by atoms with Crippen LogP contribution in [0.4, 0.5) is 18.9 Å². The maximum Gasteiger partial charge on any atom is 0.416 e. The number of methoxy groups -OCH3 is 1. The number of alkyl halides is 3. The molecule has 0 saturated carbocycles. The summed E-state index contributed by atoms with van der Waals surface area (Å²) in [5.74, 6) is 1.67. The summed E-state index contributed by atoms with van der Waals surface area (Å²) in [5, 5.41) is 3.23. The molecule has 3 aliphatic rings. The highest BCUT2D eigenvalue weighted by atomic mass is 19.4. The van der Waals surface area contributed by atoms with Gasteiger partial charge in [0, 0.05) is 51.5 Å². The number of carbonyl (C=O) groups is 1. The van der Waals surface area contributed by atoms with Crippen molar-refractivity contribution in [2.45, 2.75) is 44.3 Å². The van der Waals surface area contributed by atoms with E-state index in [-0.39, 0.29) is 5.91 Å². The van der Waals surface area contributed by atoms with Gasteiger partial charge in [-0.2, -0.15) is 13.2 Å². The Hall–Kier alpha value is -3.83. The molecule has 6 rings (SSSR count). The second-order valence-corrected chi connectivity index (χ2v) is 11.5. The Bertz CT molecular complexity index is 1400. The molecular formula is C32H36F3N5O3. The summed E-state index contributed by atoms with van der Waals surface area (Å²) in [6, 6.07) is 15.4. The molecule has 1 atom stereocenters. The fraction of sp³-hybridized carbons (Fsp3) is 0.438. The van der Waals surface area contributed by atoms with Gasteiger partial charge in [-0.05, 0) is 72.8 Å². The van der Waals surface area contributed by atoms with Gasteiger partial charge in [0.05, 0.1) is 18.4 Å². The van der Waals surface area contributed by atoms with Crippen molar-refractivity contribution in [1.29, 1.82) is 0 Å². The lowest BCUT2D eigenvalue weighted by molar-refractivity contribution is -0.139. The van der Waals surface area contributed by atoms with Gasteiger partial charge in [0.25, 0.3) is 5.91 Å². The number of piperidine rings is 1. The van der Waals surface area contributed by atoms with Crippen molar-refractivity contribution in [3.63, 3.8) is 0 Å². The van der Waals surface area contributed by atoms with Crippen LogP contribution in [0.1, 0.15) is 41.0 Å². The minimum Gasteiger partial charge on any atom is -0.481 e. The van der Waals surface area contributed by atoms with Gasteiger partial charge in [-0.1, -0.05) is 24.3 Å². The fourth-order valence-electron chi connectivity index (χ4n) is 6.08. The minimum absolute atomic E-state index is 0.103. The molecule has 1 aromatic heterocycles. The van der Waals surface area contributed by atoms with Crippen molar-refractivity contribution in [3.05, 3.63) is 83.0 Å². The molecule has 4 heterocycles. The molecule has 0 aliphatic carbocycles. The van der Waals surface area contributed by atoms with Gasteiger partial charge in [-0.3, -0.25) is 14.6 Å². The summed E-state index contributed by atoms with van der Waals surface area (Å²) in [6.45, 7) is 5.77. The number of halogens is 3. The Kier molecular flexibility index (Phi) is 8.45. The van der Waals surface area contributed by atoms with E-state index in [0.29, 0.717) is 50.3 Å². The van der Waals surface area contributed by atoms with Gasteiger partial charge in [-0.25, -0.2) is 4.98 Å². The highest BCUT2D eigenvalue weighted by Gasteiger charge is 2.34. The summed E-state index contributed by atoms with van der Waals surface area (Å²) >= 11 is 0. The SMILES string of the molecule is COc1ccc(CN2CCC(c3ccc4c(c3)OC(C(=O)N3CCN(Cc5ccc(C(F)(F)F)cc5)CC3)N4)CC2)cn1. The summed E-state index contributed by atoms with van der Waals surface area (Å²) < 4.78 is 49.8. The van der Waals surface area contributed by atoms with Crippen LogP contribution in [0, 0.1) is 0 Å². The molecule has 11 heteroatoms. The van der Waals surface area contributed by atoms with E-state index < -0.39 is 18.0 Å². The zero-order chi connectivity index (χ0) is 30.0. The van der Waals surface area contributed by atoms with Gasteiger partial charge in [0.15, 0.2) is 0 Å². The predicted octanol–water partition coefficient (Wildman–Crippen LogP) is 4.96. The van der Waals surface area contributed by atoms with E-state index in [1.807, 2.05) is 18.3 Å². The molecule has 1 unspecified atom stereocenters. The largest absolute Gasteiger partial charge is 0.481 e. The molecule has 1 N–H and O–H groups in total. The van der Waals surface area contributed by atoms with E-state index in [2.05, 4.69) is 38.3 Å². The maximum atomic E-state index is 13.3. The van der Waals surface area contributed by atoms with Gasteiger partial charge < -0.3 is 19.7 Å². The normalized spacial score (nSPS) is 19.9. The lowest BCUT2D eigenvalue weighted by Crippen LogP contribution is -2.53. The van der Waals surface area contributed by atoms with E-state index in [9.17, 15) is 18.0 Å². The minimum atomic E-state index is -4.34. The first-order valence-corrected chi connectivity index (χ1v) is 14.7. The number of rotatable bonds is 7. The van der Waals surface area contributed by atoms with Crippen LogP contribution in [0.25, 0.3) is 0 Å². The lowest BCUT2D eigenvalue weighted by Gasteiger charge is -2.35. The molecule has 2 fully saturated rings. The number of nitrogens with zero attached hydrogens (tertiary/aromatic N) is 4. The number of aromatic nitrogens is 1. The van der Waals surface area contributed by atoms with E-state index >= 15 is 0 Å². The Labute approximate surface area is 249 Å². The molecule has 2 saturated heterocycles. The van der Waals surface area contributed by atoms with Gasteiger partial charge in [0.2, 0.25) is 12.1 Å². The van der Waals surface area contributed by atoms with E-state index in [4.69, 9.17) is 9.47 Å². The molecule has 228 valence electrons. The second-order valence-electron chi connectivity index (χ2n) is 11.5. The molecule has 43 heavy (non-hydrogen) atoms. The van der Waals surface area contributed by atoms with Crippen LogP contribution in [-0.4, -0.2) is 78.2 Å². The topological polar surface area (TPSA) is 70.2 Å². The number of hydrogen-bond donors (Lipinski definition) is 1. The number of nitrogens with one attached hydrogen (secondary N) is 1. The number of carbonyl (C=O) groups excluding carboxylic acids is 1. The first-order chi connectivity index (χ1) is 20.7. The van der Waals surface area contributed by atoms with Crippen molar-refractivity contribution in [3.8, 4) is 11.6 Å². The molecule has 1 amide bonds. The third kappa shape index (κ3) is 6.88. The van der Waals surface area contributed by atoms with Crippen LogP contribution >= 0.6 is 0 Å². The summed E-state index contributed by atoms with van der Waals surface area (Å²) in [4.78, 5) is 24.0. The lowest BCUT2D eigenvalue weighted by atomic mass is 9.89. The molecule has 0 radical (unpaired) electrons. The summed E-state index contributed by atoms with van der Waals surface area (Å²) in [7, 11) is 1.62. The number of ether oxygens (including phenoxy) is 2. The number of likely N-dealkylation sites (tertiary alicyclic amines) is 1. The predicted molar refractivity (Wildman–Crippen MR) is 156 cm³/mol. The number of hydrogen-bond acceptors (Lipinski definition) is 7. The number of anilines is 1. The van der Waals surface area contributed by atoms with E-state index in [1.54, 1.807) is 12.0 Å². The van der Waals surface area contributed by atoms with Gasteiger partial charge in [-0.15, -0.1) is 0 Å². The first-order valence-electron chi connectivity index (χ1n) is 14.7. The monoisotopic (exact) mass is 595 g/mol. The first kappa shape index (κ1) is 29.3. The Morgan fingerprint density at radius 1 is 0.930 bits per heavy atom. The summed E-state index contributed by atoms with van der Waals surface area (Å²) in [5.41, 5.74) is 3.41. The van der Waals surface area contributed by atoms with Crippen LogP contribution in [0.15, 0.2) is 60.8 Å². The summed E-state index contributed by atoms with van der Waals surface area (Å²) in [6.07, 6.45) is -1.12. The van der Waals surface area contributed by atoms with Crippen LogP contribution in [-0.2, 0) is 24.1 Å². The number of benzene rings is 2. The number of amides is 1. The van der Waals surface area contributed by atoms with Crippen LogP contribution in [0.5, 0.6) is 11.6 Å². The van der Waals surface area contributed by atoms with Crippen molar-refractivity contribution in [2.24, 2.45) is 0 Å². The van der Waals surface area contributed by atoms with Crippen LogP contribution < -0.4 is 14.8 Å². The Morgan fingerprint density at radius 2 is 1.60 bits per heavy atom. The highest BCUT2D eigenvalue weighted by molar-refractivity contribution is 5.86. The number of piperazine rings is 1. The van der Waals surface area contributed by atoms with Crippen molar-refractivity contribution in [1.82, 2.24) is 19.7 Å². The van der Waals surface area contributed by atoms with E-state index in [0.717, 1.165) is 55.9 Å². The average Bonchev–Trinajstić information content (AvgIpc) is 3.45. The van der Waals surface area contributed by atoms with Gasteiger partial charge in [0.1, 0.15) is 5.75 Å². The maximum absolute atomic E-state index is 13.3. The second kappa shape index (κ2) is 12.4. The zero-order valence-corrected chi connectivity index (χ0v) is 24.1. The van der Waals surface area contributed by atoms with E-state index in [1.165, 1.54) is 23.3 Å². The quantitative estimate of drug-likeness (QED) is 0.414. The van der Waals surface area contributed by atoms with Crippen molar-refractivity contribution >= 4 is 11.6 Å². The molecule has 8 nitrogen and oxygen atoms in total. The smallest absolute Gasteiger partial charge is 0.416 e. The van der Waals surface area contributed by atoms with Crippen LogP contribution in [0.3, 0.4) is 0 Å². The number of pyridine rings is 1.